The number of benzene rings is 4. The Bertz CT molecular complexity index is 1290. The van der Waals surface area contributed by atoms with Crippen LogP contribution in [0.1, 0.15) is 22.3 Å². The summed E-state index contributed by atoms with van der Waals surface area (Å²) in [6.07, 6.45) is 0. The van der Waals surface area contributed by atoms with Crippen LogP contribution in [-0.2, 0) is 0 Å². The average Bonchev–Trinajstić information content (AvgIpc) is 2.79. The van der Waals surface area contributed by atoms with E-state index in [0.29, 0.717) is 5.84 Å². The summed E-state index contributed by atoms with van der Waals surface area (Å²) in [5, 5.41) is 3.62. The molecule has 0 atom stereocenters. The number of nitrogens with two attached hydrogens (primary N) is 2. The third-order valence-electron chi connectivity index (χ3n) is 5.75. The molecule has 3 nitrogen and oxygen atoms in total. The lowest BCUT2D eigenvalue weighted by Crippen LogP contribution is -2.15. The van der Waals surface area contributed by atoms with Crippen LogP contribution in [0.15, 0.2) is 90.0 Å². The Hall–Kier alpha value is -3.85. The molecular weight excluding hydrogens is 378 g/mol. The molecule has 0 aliphatic rings. The van der Waals surface area contributed by atoms with E-state index >= 15 is 0 Å². The Balaban J connectivity index is 1.82. The maximum Gasteiger partial charge on any atom is 0.150 e. The highest BCUT2D eigenvalue weighted by atomic mass is 15.1. The summed E-state index contributed by atoms with van der Waals surface area (Å²) in [4.78, 5) is 0. The standard InChI is InChI=1S/C28H27N3/c1-18-6-4-7-21(14-18)23-12-10-19(2)26(16-23)27-17-24(13-11-20(27)3)22-8-5-9-25(15-22)28(29)31-30/h4-17H,30H2,1-3H3,(H2,29,31). The lowest BCUT2D eigenvalue weighted by Gasteiger charge is -2.14. The fourth-order valence-electron chi connectivity index (χ4n) is 3.94. The van der Waals surface area contributed by atoms with Crippen molar-refractivity contribution >= 4 is 5.84 Å². The molecule has 0 radical (unpaired) electrons. The third-order valence-corrected chi connectivity index (χ3v) is 5.75. The highest BCUT2D eigenvalue weighted by Gasteiger charge is 2.11. The number of hydrogen-bond acceptors (Lipinski definition) is 2. The molecule has 3 heteroatoms. The molecule has 4 rings (SSSR count). The number of rotatable bonds is 4. The molecule has 0 aliphatic heterocycles. The maximum absolute atomic E-state index is 5.91. The van der Waals surface area contributed by atoms with Gasteiger partial charge in [-0.1, -0.05) is 72.3 Å². The molecule has 0 spiro atoms. The number of hydrazone groups is 1. The highest BCUT2D eigenvalue weighted by Crippen LogP contribution is 2.34. The van der Waals surface area contributed by atoms with Crippen molar-refractivity contribution in [2.24, 2.45) is 16.7 Å². The Morgan fingerprint density at radius 3 is 1.68 bits per heavy atom. The van der Waals surface area contributed by atoms with E-state index in [1.165, 1.54) is 38.9 Å². The summed E-state index contributed by atoms with van der Waals surface area (Å²) < 4.78 is 0. The molecular formula is C28H27N3. The molecule has 0 heterocycles. The van der Waals surface area contributed by atoms with Gasteiger partial charge >= 0.3 is 0 Å². The van der Waals surface area contributed by atoms with Gasteiger partial charge in [-0.15, -0.1) is 0 Å². The van der Waals surface area contributed by atoms with Crippen molar-refractivity contribution in [3.63, 3.8) is 0 Å². The van der Waals surface area contributed by atoms with Crippen LogP contribution in [0.25, 0.3) is 33.4 Å². The van der Waals surface area contributed by atoms with Crippen LogP contribution in [0.4, 0.5) is 0 Å². The van der Waals surface area contributed by atoms with Gasteiger partial charge in [0.25, 0.3) is 0 Å². The van der Waals surface area contributed by atoms with E-state index in [0.717, 1.165) is 16.7 Å². The van der Waals surface area contributed by atoms with E-state index in [4.69, 9.17) is 11.6 Å². The summed E-state index contributed by atoms with van der Waals surface area (Å²) in [6, 6.07) is 29.9. The maximum atomic E-state index is 5.91. The lowest BCUT2D eigenvalue weighted by atomic mass is 9.90. The second-order valence-corrected chi connectivity index (χ2v) is 8.02. The van der Waals surface area contributed by atoms with Gasteiger partial charge in [-0.05, 0) is 83.5 Å². The van der Waals surface area contributed by atoms with Crippen molar-refractivity contribution in [3.05, 3.63) is 107 Å². The summed E-state index contributed by atoms with van der Waals surface area (Å²) in [5.41, 5.74) is 17.6. The van der Waals surface area contributed by atoms with Crippen LogP contribution in [0.2, 0.25) is 0 Å². The van der Waals surface area contributed by atoms with Crippen molar-refractivity contribution in [1.82, 2.24) is 0 Å². The number of nitrogens with zero attached hydrogens (tertiary/aromatic N) is 1. The van der Waals surface area contributed by atoms with Crippen LogP contribution < -0.4 is 11.6 Å². The zero-order valence-electron chi connectivity index (χ0n) is 18.2. The van der Waals surface area contributed by atoms with Gasteiger partial charge in [-0.3, -0.25) is 0 Å². The molecule has 0 amide bonds. The van der Waals surface area contributed by atoms with Crippen LogP contribution in [0, 0.1) is 20.8 Å². The van der Waals surface area contributed by atoms with Gasteiger partial charge in [0.15, 0.2) is 0 Å². The van der Waals surface area contributed by atoms with E-state index in [9.17, 15) is 0 Å². The molecule has 4 aromatic rings. The van der Waals surface area contributed by atoms with Gasteiger partial charge in [-0.25, -0.2) is 0 Å². The van der Waals surface area contributed by atoms with E-state index < -0.39 is 0 Å². The smallest absolute Gasteiger partial charge is 0.150 e. The predicted molar refractivity (Wildman–Crippen MR) is 132 cm³/mol. The zero-order valence-corrected chi connectivity index (χ0v) is 18.2. The highest BCUT2D eigenvalue weighted by molar-refractivity contribution is 5.98. The summed E-state index contributed by atoms with van der Waals surface area (Å²) >= 11 is 0. The summed E-state index contributed by atoms with van der Waals surface area (Å²) in [7, 11) is 0. The van der Waals surface area contributed by atoms with Gasteiger partial charge in [0.05, 0.1) is 0 Å². The normalized spacial score (nSPS) is 11.5. The molecule has 0 aliphatic carbocycles. The van der Waals surface area contributed by atoms with Crippen LogP contribution in [0.5, 0.6) is 0 Å². The van der Waals surface area contributed by atoms with Crippen molar-refractivity contribution < 1.29 is 0 Å². The Kier molecular flexibility index (Phi) is 5.59. The Morgan fingerprint density at radius 2 is 1.13 bits per heavy atom. The largest absolute Gasteiger partial charge is 0.382 e. The average molecular weight is 406 g/mol. The van der Waals surface area contributed by atoms with Gasteiger partial charge < -0.3 is 11.6 Å². The van der Waals surface area contributed by atoms with E-state index in [1.54, 1.807) is 0 Å². The topological polar surface area (TPSA) is 64.4 Å². The van der Waals surface area contributed by atoms with Crippen LogP contribution in [-0.4, -0.2) is 5.84 Å². The lowest BCUT2D eigenvalue weighted by molar-refractivity contribution is 1.23. The first-order valence-corrected chi connectivity index (χ1v) is 10.4. The predicted octanol–water partition coefficient (Wildman–Crippen LogP) is 6.19. The number of amidine groups is 1. The molecule has 0 fully saturated rings. The first-order chi connectivity index (χ1) is 15.0. The van der Waals surface area contributed by atoms with Crippen molar-refractivity contribution in [1.29, 1.82) is 0 Å². The Labute approximate surface area is 184 Å². The third kappa shape index (κ3) is 4.22. The van der Waals surface area contributed by atoms with E-state index in [-0.39, 0.29) is 0 Å². The molecule has 31 heavy (non-hydrogen) atoms. The molecule has 0 aromatic heterocycles. The SMILES string of the molecule is Cc1cccc(-c2ccc(C)c(-c3cc(-c4cccc(/C(N)=N/N)c4)ccc3C)c2)c1. The van der Waals surface area contributed by atoms with E-state index in [2.05, 4.69) is 92.6 Å². The van der Waals surface area contributed by atoms with Crippen molar-refractivity contribution in [2.75, 3.05) is 0 Å². The Morgan fingerprint density at radius 1 is 0.613 bits per heavy atom. The minimum atomic E-state index is 0.330. The quantitative estimate of drug-likeness (QED) is 0.184. The second-order valence-electron chi connectivity index (χ2n) is 8.02. The molecule has 0 saturated heterocycles. The molecule has 4 aromatic carbocycles. The minimum absolute atomic E-state index is 0.330. The van der Waals surface area contributed by atoms with Crippen LogP contribution in [0.3, 0.4) is 0 Å². The first-order valence-electron chi connectivity index (χ1n) is 10.4. The van der Waals surface area contributed by atoms with Gasteiger partial charge in [0.1, 0.15) is 5.84 Å². The van der Waals surface area contributed by atoms with E-state index in [1.807, 2.05) is 18.2 Å². The molecule has 154 valence electrons. The molecule has 0 saturated carbocycles. The number of aryl methyl sites for hydroxylation is 3. The summed E-state index contributed by atoms with van der Waals surface area (Å²) in [6.45, 7) is 6.45. The fraction of sp³-hybridized carbons (Fsp3) is 0.107. The van der Waals surface area contributed by atoms with Crippen molar-refractivity contribution in [2.45, 2.75) is 20.8 Å². The molecule has 0 unspecified atom stereocenters. The van der Waals surface area contributed by atoms with Crippen molar-refractivity contribution in [3.8, 4) is 33.4 Å². The minimum Gasteiger partial charge on any atom is -0.382 e. The molecule has 0 bridgehead atoms. The zero-order chi connectivity index (χ0) is 22.0. The second kappa shape index (κ2) is 8.49. The fourth-order valence-corrected chi connectivity index (χ4v) is 3.94. The first kappa shape index (κ1) is 20.4. The molecule has 4 N–H and O–H groups in total. The number of hydrogen-bond donors (Lipinski definition) is 2. The monoisotopic (exact) mass is 405 g/mol. The van der Waals surface area contributed by atoms with Gasteiger partial charge in [0.2, 0.25) is 0 Å². The van der Waals surface area contributed by atoms with Gasteiger partial charge in [-0.2, -0.15) is 5.10 Å². The summed E-state index contributed by atoms with van der Waals surface area (Å²) in [5.74, 6) is 5.69. The van der Waals surface area contributed by atoms with Crippen LogP contribution >= 0.6 is 0 Å². The van der Waals surface area contributed by atoms with Gasteiger partial charge in [0, 0.05) is 5.56 Å².